The van der Waals surface area contributed by atoms with Crippen LogP contribution >= 0.6 is 0 Å². The minimum atomic E-state index is -1.38. The van der Waals surface area contributed by atoms with Gasteiger partial charge >= 0.3 is 7.12 Å². The number of hydrogen-bond donors (Lipinski definition) is 2. The van der Waals surface area contributed by atoms with Crippen molar-refractivity contribution in [2.24, 2.45) is 4.99 Å². The van der Waals surface area contributed by atoms with Gasteiger partial charge in [-0.15, -0.1) is 0 Å². The number of nitrogens with zero attached hydrogens (tertiary/aromatic N) is 1. The Bertz CT molecular complexity index is 231. The fourth-order valence-electron chi connectivity index (χ4n) is 0.828. The van der Waals surface area contributed by atoms with Crippen molar-refractivity contribution in [1.29, 1.82) is 0 Å². The summed E-state index contributed by atoms with van der Waals surface area (Å²) < 4.78 is 0. The third-order valence-electron chi connectivity index (χ3n) is 1.49. The Balaban J connectivity index is 2.74. The van der Waals surface area contributed by atoms with Crippen LogP contribution in [0.2, 0.25) is 0 Å². The first-order valence-corrected chi connectivity index (χ1v) is 3.46. The molecule has 4 heteroatoms. The average Bonchev–Trinajstić information content (AvgIpc) is 2.13. The van der Waals surface area contributed by atoms with Crippen molar-refractivity contribution in [3.8, 4) is 0 Å². The van der Waals surface area contributed by atoms with E-state index in [2.05, 4.69) is 4.99 Å². The lowest BCUT2D eigenvalue weighted by atomic mass is 9.79. The molecule has 0 saturated heterocycles. The molecule has 0 atom stereocenters. The van der Waals surface area contributed by atoms with E-state index in [0.29, 0.717) is 11.9 Å². The van der Waals surface area contributed by atoms with Crippen LogP contribution in [-0.2, 0) is 0 Å². The Hall–Kier alpha value is -0.865. The summed E-state index contributed by atoms with van der Waals surface area (Å²) in [5, 5.41) is 17.5. The zero-order valence-corrected chi connectivity index (χ0v) is 6.36. The Kier molecular flexibility index (Phi) is 2.62. The van der Waals surface area contributed by atoms with Crippen LogP contribution in [0.4, 0.5) is 0 Å². The normalized spacial score (nSPS) is 17.0. The molecule has 0 saturated carbocycles. The smallest absolute Gasteiger partial charge is 0.423 e. The van der Waals surface area contributed by atoms with E-state index in [9.17, 15) is 0 Å². The summed E-state index contributed by atoms with van der Waals surface area (Å²) in [6.45, 7) is 1.90. The van der Waals surface area contributed by atoms with Crippen molar-refractivity contribution in [3.63, 3.8) is 0 Å². The maximum atomic E-state index is 8.77. The van der Waals surface area contributed by atoms with E-state index in [1.54, 1.807) is 18.4 Å². The summed E-state index contributed by atoms with van der Waals surface area (Å²) in [7, 11) is -1.38. The first-order valence-electron chi connectivity index (χ1n) is 3.46. The molecule has 11 heavy (non-hydrogen) atoms. The van der Waals surface area contributed by atoms with Gasteiger partial charge in [0.1, 0.15) is 0 Å². The van der Waals surface area contributed by atoms with E-state index < -0.39 is 7.12 Å². The molecule has 0 fully saturated rings. The summed E-state index contributed by atoms with van der Waals surface area (Å²) in [4.78, 5) is 4.02. The van der Waals surface area contributed by atoms with Gasteiger partial charge in [-0.1, -0.05) is 6.08 Å². The van der Waals surface area contributed by atoms with Crippen molar-refractivity contribution in [1.82, 2.24) is 0 Å². The van der Waals surface area contributed by atoms with E-state index in [4.69, 9.17) is 10.0 Å². The number of aliphatic imine (C=N–C) groups is 1. The molecule has 58 valence electrons. The number of allylic oxidation sites excluding steroid dienone is 3. The molecule has 0 aromatic heterocycles. The summed E-state index contributed by atoms with van der Waals surface area (Å²) in [6, 6.07) is 0. The molecule has 0 spiro atoms. The van der Waals surface area contributed by atoms with E-state index in [1.807, 2.05) is 6.92 Å². The second-order valence-electron chi connectivity index (χ2n) is 2.46. The fourth-order valence-corrected chi connectivity index (χ4v) is 0.828. The fraction of sp³-hybridized carbons (Fsp3) is 0.286. The quantitative estimate of drug-likeness (QED) is 0.529. The Morgan fingerprint density at radius 1 is 1.55 bits per heavy atom. The minimum Gasteiger partial charge on any atom is -0.423 e. The van der Waals surface area contributed by atoms with Crippen LogP contribution in [0.1, 0.15) is 13.3 Å². The SMILES string of the molecule is CC1=NC=CC(B(O)O)=CC1. The molecule has 1 aliphatic rings. The zero-order chi connectivity index (χ0) is 8.27. The Morgan fingerprint density at radius 2 is 2.27 bits per heavy atom. The molecular weight excluding hydrogens is 141 g/mol. The molecule has 0 bridgehead atoms. The van der Waals surface area contributed by atoms with E-state index in [-0.39, 0.29) is 0 Å². The van der Waals surface area contributed by atoms with Crippen molar-refractivity contribution >= 4 is 12.8 Å². The van der Waals surface area contributed by atoms with E-state index >= 15 is 0 Å². The number of rotatable bonds is 1. The molecule has 1 rings (SSSR count). The maximum absolute atomic E-state index is 8.77. The molecule has 1 heterocycles. The van der Waals surface area contributed by atoms with Crippen LogP contribution in [0.25, 0.3) is 0 Å². The van der Waals surface area contributed by atoms with Crippen molar-refractivity contribution < 1.29 is 10.0 Å². The van der Waals surface area contributed by atoms with Gasteiger partial charge < -0.3 is 10.0 Å². The lowest BCUT2D eigenvalue weighted by Crippen LogP contribution is -2.13. The van der Waals surface area contributed by atoms with E-state index in [0.717, 1.165) is 5.71 Å². The largest absolute Gasteiger partial charge is 0.488 e. The highest BCUT2D eigenvalue weighted by molar-refractivity contribution is 6.51. The summed E-state index contributed by atoms with van der Waals surface area (Å²) in [6.07, 6.45) is 5.61. The lowest BCUT2D eigenvalue weighted by Gasteiger charge is -1.96. The molecule has 0 aliphatic carbocycles. The highest BCUT2D eigenvalue weighted by Gasteiger charge is 2.11. The Morgan fingerprint density at radius 3 is 2.91 bits per heavy atom. The van der Waals surface area contributed by atoms with Gasteiger partial charge in [0.2, 0.25) is 0 Å². The molecule has 0 aromatic rings. The lowest BCUT2D eigenvalue weighted by molar-refractivity contribution is 0.420. The molecule has 0 radical (unpaired) electrons. The number of hydrogen-bond acceptors (Lipinski definition) is 3. The predicted octanol–water partition coefficient (Wildman–Crippen LogP) is 0.303. The topological polar surface area (TPSA) is 52.8 Å². The maximum Gasteiger partial charge on any atom is 0.488 e. The highest BCUT2D eigenvalue weighted by Crippen LogP contribution is 2.06. The average molecular weight is 151 g/mol. The molecule has 1 aliphatic heterocycles. The molecule has 2 N–H and O–H groups in total. The van der Waals surface area contributed by atoms with Crippen molar-refractivity contribution in [2.45, 2.75) is 13.3 Å². The van der Waals surface area contributed by atoms with Crippen LogP contribution < -0.4 is 0 Å². The summed E-state index contributed by atoms with van der Waals surface area (Å²) in [5.74, 6) is 0. The van der Waals surface area contributed by atoms with Crippen molar-refractivity contribution in [3.05, 3.63) is 23.8 Å². The van der Waals surface area contributed by atoms with Crippen LogP contribution in [0.5, 0.6) is 0 Å². The van der Waals surface area contributed by atoms with Gasteiger partial charge in [-0.05, 0) is 18.5 Å². The first-order chi connectivity index (χ1) is 5.20. The summed E-state index contributed by atoms with van der Waals surface area (Å²) in [5.41, 5.74) is 1.47. The summed E-state index contributed by atoms with van der Waals surface area (Å²) >= 11 is 0. The van der Waals surface area contributed by atoms with Gasteiger partial charge in [0, 0.05) is 18.3 Å². The highest BCUT2D eigenvalue weighted by atomic mass is 16.4. The standard InChI is InChI=1S/C7H10BNO2/c1-6-2-3-7(8(10)11)4-5-9-6/h3-5,10-11H,2H2,1H3. The van der Waals surface area contributed by atoms with Gasteiger partial charge in [0.25, 0.3) is 0 Å². The molecule has 0 amide bonds. The van der Waals surface area contributed by atoms with Gasteiger partial charge in [-0.2, -0.15) is 0 Å². The van der Waals surface area contributed by atoms with Gasteiger partial charge in [0.15, 0.2) is 0 Å². The van der Waals surface area contributed by atoms with Gasteiger partial charge in [-0.25, -0.2) is 0 Å². The van der Waals surface area contributed by atoms with Crippen LogP contribution in [0.15, 0.2) is 28.8 Å². The van der Waals surface area contributed by atoms with Crippen LogP contribution in [0, 0.1) is 0 Å². The third kappa shape index (κ3) is 2.33. The van der Waals surface area contributed by atoms with Gasteiger partial charge in [0.05, 0.1) is 0 Å². The Labute approximate surface area is 65.9 Å². The molecule has 0 unspecified atom stereocenters. The van der Waals surface area contributed by atoms with Gasteiger partial charge in [-0.3, -0.25) is 4.99 Å². The molecule has 0 aromatic carbocycles. The third-order valence-corrected chi connectivity index (χ3v) is 1.49. The van der Waals surface area contributed by atoms with Crippen LogP contribution in [0.3, 0.4) is 0 Å². The monoisotopic (exact) mass is 151 g/mol. The molecular formula is C7H10BNO2. The minimum absolute atomic E-state index is 0.505. The molecule has 3 nitrogen and oxygen atoms in total. The predicted molar refractivity (Wildman–Crippen MR) is 45.1 cm³/mol. The second-order valence-corrected chi connectivity index (χ2v) is 2.46. The van der Waals surface area contributed by atoms with Crippen LogP contribution in [-0.4, -0.2) is 22.9 Å². The first kappa shape index (κ1) is 8.23. The van der Waals surface area contributed by atoms with Crippen molar-refractivity contribution in [2.75, 3.05) is 0 Å². The zero-order valence-electron chi connectivity index (χ0n) is 6.36. The second kappa shape index (κ2) is 3.50. The van der Waals surface area contributed by atoms with E-state index in [1.165, 1.54) is 0 Å².